The first-order valence-electron chi connectivity index (χ1n) is 7.81. The van der Waals surface area contributed by atoms with Gasteiger partial charge in [0, 0.05) is 30.1 Å². The van der Waals surface area contributed by atoms with E-state index in [4.69, 9.17) is 9.47 Å². The van der Waals surface area contributed by atoms with E-state index in [-0.39, 0.29) is 36.2 Å². The Morgan fingerprint density at radius 1 is 1.28 bits per heavy atom. The molecular formula is C16H20N2O6S. The van der Waals surface area contributed by atoms with Gasteiger partial charge in [-0.2, -0.15) is 0 Å². The van der Waals surface area contributed by atoms with Gasteiger partial charge in [-0.15, -0.1) is 11.8 Å². The van der Waals surface area contributed by atoms with Gasteiger partial charge in [0.25, 0.3) is 11.6 Å². The first-order valence-corrected chi connectivity index (χ1v) is 8.80. The molecule has 1 heterocycles. The third-order valence-electron chi connectivity index (χ3n) is 3.53. The molecule has 1 aliphatic heterocycles. The van der Waals surface area contributed by atoms with Crippen LogP contribution >= 0.6 is 11.8 Å². The maximum atomic E-state index is 12.1. The summed E-state index contributed by atoms with van der Waals surface area (Å²) in [5.74, 6) is -0.720. The molecular weight excluding hydrogens is 348 g/mol. The first kappa shape index (κ1) is 19.2. The van der Waals surface area contributed by atoms with Crippen LogP contribution in [0.4, 0.5) is 5.69 Å². The molecule has 0 saturated carbocycles. The Bertz CT molecular complexity index is 626. The summed E-state index contributed by atoms with van der Waals surface area (Å²) in [4.78, 5) is 36.3. The second-order valence-corrected chi connectivity index (χ2v) is 6.81. The third kappa shape index (κ3) is 6.02. The number of amides is 1. The number of hydrogen-bond acceptors (Lipinski definition) is 7. The molecule has 2 atom stereocenters. The van der Waals surface area contributed by atoms with Crippen LogP contribution in [-0.2, 0) is 19.1 Å². The summed E-state index contributed by atoms with van der Waals surface area (Å²) in [6, 6.07) is 5.88. The predicted octanol–water partition coefficient (Wildman–Crippen LogP) is 1.87. The number of thioether (sulfide) groups is 1. The fraction of sp³-hybridized carbons (Fsp3) is 0.500. The third-order valence-corrected chi connectivity index (χ3v) is 4.52. The standard InChI is InChI=1S/C16H20N2O6S/c1-11-7-17(8-12(2)24-11)15(19)9-23-16(20)10-25-14-5-3-13(4-6-14)18(21)22/h3-6,11-12H,7-10H2,1-2H3/t11-,12-/m1/s1. The number of morpholine rings is 1. The van der Waals surface area contributed by atoms with Crippen LogP contribution in [0.2, 0.25) is 0 Å². The number of nitro groups is 1. The van der Waals surface area contributed by atoms with Crippen LogP contribution in [-0.4, -0.2) is 59.4 Å². The van der Waals surface area contributed by atoms with Crippen molar-refractivity contribution in [3.63, 3.8) is 0 Å². The smallest absolute Gasteiger partial charge is 0.316 e. The molecule has 2 rings (SSSR count). The molecule has 0 bridgehead atoms. The molecule has 0 spiro atoms. The van der Waals surface area contributed by atoms with E-state index in [1.807, 2.05) is 13.8 Å². The molecule has 25 heavy (non-hydrogen) atoms. The molecule has 1 amide bonds. The van der Waals surface area contributed by atoms with Crippen molar-refractivity contribution in [2.75, 3.05) is 25.4 Å². The van der Waals surface area contributed by atoms with Crippen LogP contribution in [0.5, 0.6) is 0 Å². The van der Waals surface area contributed by atoms with E-state index in [2.05, 4.69) is 0 Å². The van der Waals surface area contributed by atoms with Crippen molar-refractivity contribution >= 4 is 29.3 Å². The highest BCUT2D eigenvalue weighted by Crippen LogP contribution is 2.21. The zero-order valence-electron chi connectivity index (χ0n) is 14.0. The highest BCUT2D eigenvalue weighted by molar-refractivity contribution is 8.00. The lowest BCUT2D eigenvalue weighted by Gasteiger charge is -2.35. The van der Waals surface area contributed by atoms with Gasteiger partial charge in [0.1, 0.15) is 0 Å². The van der Waals surface area contributed by atoms with E-state index >= 15 is 0 Å². The molecule has 0 radical (unpaired) electrons. The van der Waals surface area contributed by atoms with E-state index in [1.54, 1.807) is 17.0 Å². The molecule has 1 aliphatic rings. The van der Waals surface area contributed by atoms with Crippen LogP contribution in [0.25, 0.3) is 0 Å². The van der Waals surface area contributed by atoms with Crippen molar-refractivity contribution < 1.29 is 24.0 Å². The van der Waals surface area contributed by atoms with E-state index in [0.29, 0.717) is 18.0 Å². The molecule has 8 nitrogen and oxygen atoms in total. The van der Waals surface area contributed by atoms with Crippen molar-refractivity contribution in [2.45, 2.75) is 31.0 Å². The van der Waals surface area contributed by atoms with Crippen LogP contribution in [0, 0.1) is 10.1 Å². The maximum Gasteiger partial charge on any atom is 0.316 e. The van der Waals surface area contributed by atoms with Crippen molar-refractivity contribution in [1.29, 1.82) is 0 Å². The molecule has 136 valence electrons. The number of hydrogen-bond donors (Lipinski definition) is 0. The number of rotatable bonds is 6. The van der Waals surface area contributed by atoms with Crippen LogP contribution in [0.1, 0.15) is 13.8 Å². The molecule has 0 aromatic heterocycles. The largest absolute Gasteiger partial charge is 0.455 e. The van der Waals surface area contributed by atoms with Crippen molar-refractivity contribution in [2.24, 2.45) is 0 Å². The number of carbonyl (C=O) groups excluding carboxylic acids is 2. The minimum absolute atomic E-state index is 0.00788. The SMILES string of the molecule is C[C@@H]1CN(C(=O)COC(=O)CSc2ccc([N+](=O)[O-])cc2)C[C@@H](C)O1. The van der Waals surface area contributed by atoms with Gasteiger partial charge in [0.15, 0.2) is 6.61 Å². The Kier molecular flexibility index (Phi) is 6.77. The molecule has 1 saturated heterocycles. The zero-order valence-corrected chi connectivity index (χ0v) is 14.9. The Hall–Kier alpha value is -2.13. The van der Waals surface area contributed by atoms with E-state index in [0.717, 1.165) is 0 Å². The molecule has 0 unspecified atom stereocenters. The van der Waals surface area contributed by atoms with Crippen LogP contribution < -0.4 is 0 Å². The van der Waals surface area contributed by atoms with Gasteiger partial charge >= 0.3 is 5.97 Å². The molecule has 1 fully saturated rings. The minimum atomic E-state index is -0.508. The highest BCUT2D eigenvalue weighted by atomic mass is 32.2. The average Bonchev–Trinajstić information content (AvgIpc) is 2.57. The summed E-state index contributed by atoms with van der Waals surface area (Å²) < 4.78 is 10.6. The lowest BCUT2D eigenvalue weighted by molar-refractivity contribution is -0.384. The minimum Gasteiger partial charge on any atom is -0.455 e. The molecule has 1 aromatic carbocycles. The summed E-state index contributed by atoms with van der Waals surface area (Å²) >= 11 is 1.19. The summed E-state index contributed by atoms with van der Waals surface area (Å²) in [6.45, 7) is 4.46. The Balaban J connectivity index is 1.73. The van der Waals surface area contributed by atoms with Crippen molar-refractivity contribution in [3.8, 4) is 0 Å². The quantitative estimate of drug-likeness (QED) is 0.327. The summed E-state index contributed by atoms with van der Waals surface area (Å²) in [6.07, 6.45) is -0.0813. The van der Waals surface area contributed by atoms with Crippen LogP contribution in [0.15, 0.2) is 29.2 Å². The fourth-order valence-corrected chi connectivity index (χ4v) is 3.16. The number of esters is 1. The van der Waals surface area contributed by atoms with E-state index < -0.39 is 10.9 Å². The summed E-state index contributed by atoms with van der Waals surface area (Å²) in [5, 5.41) is 10.6. The average molecular weight is 368 g/mol. The van der Waals surface area contributed by atoms with Gasteiger partial charge in [-0.25, -0.2) is 0 Å². The molecule has 1 aromatic rings. The van der Waals surface area contributed by atoms with E-state index in [1.165, 1.54) is 23.9 Å². The van der Waals surface area contributed by atoms with E-state index in [9.17, 15) is 19.7 Å². The molecule has 9 heteroatoms. The Labute approximate surface area is 149 Å². The lowest BCUT2D eigenvalue weighted by atomic mass is 10.2. The maximum absolute atomic E-state index is 12.1. The van der Waals surface area contributed by atoms with Crippen molar-refractivity contribution in [3.05, 3.63) is 34.4 Å². The van der Waals surface area contributed by atoms with Gasteiger partial charge in [-0.1, -0.05) is 0 Å². The van der Waals surface area contributed by atoms with Crippen LogP contribution in [0.3, 0.4) is 0 Å². The number of ether oxygens (including phenoxy) is 2. The Morgan fingerprint density at radius 3 is 2.44 bits per heavy atom. The number of carbonyl (C=O) groups is 2. The van der Waals surface area contributed by atoms with Gasteiger partial charge in [0.05, 0.1) is 22.9 Å². The fourth-order valence-electron chi connectivity index (χ4n) is 2.46. The van der Waals surface area contributed by atoms with Gasteiger partial charge in [-0.3, -0.25) is 19.7 Å². The Morgan fingerprint density at radius 2 is 1.88 bits per heavy atom. The topological polar surface area (TPSA) is 99.0 Å². The molecule has 0 aliphatic carbocycles. The monoisotopic (exact) mass is 368 g/mol. The van der Waals surface area contributed by atoms with Gasteiger partial charge < -0.3 is 14.4 Å². The zero-order chi connectivity index (χ0) is 18.4. The first-order chi connectivity index (χ1) is 11.8. The normalized spacial score (nSPS) is 20.2. The number of benzene rings is 1. The highest BCUT2D eigenvalue weighted by Gasteiger charge is 2.26. The number of nitro benzene ring substituents is 1. The van der Waals surface area contributed by atoms with Gasteiger partial charge in [0.2, 0.25) is 0 Å². The number of non-ortho nitro benzene ring substituents is 1. The second kappa shape index (κ2) is 8.82. The lowest BCUT2D eigenvalue weighted by Crippen LogP contribution is -2.49. The summed E-state index contributed by atoms with van der Waals surface area (Å²) in [5.41, 5.74) is -0.00788. The second-order valence-electron chi connectivity index (χ2n) is 5.76. The predicted molar refractivity (Wildman–Crippen MR) is 91.4 cm³/mol. The molecule has 0 N–H and O–H groups in total. The van der Waals surface area contributed by atoms with Crippen molar-refractivity contribution in [1.82, 2.24) is 4.90 Å². The summed E-state index contributed by atoms with van der Waals surface area (Å²) in [7, 11) is 0. The number of nitrogens with zero attached hydrogens (tertiary/aromatic N) is 2. The van der Waals surface area contributed by atoms with Gasteiger partial charge in [-0.05, 0) is 26.0 Å².